The van der Waals surface area contributed by atoms with Gasteiger partial charge >= 0.3 is 0 Å². The zero-order valence-electron chi connectivity index (χ0n) is 9.37. The number of aryl methyl sites for hydroxylation is 2. The third kappa shape index (κ3) is 1.91. The normalized spacial score (nSPS) is 23.8. The summed E-state index contributed by atoms with van der Waals surface area (Å²) in [6, 6.07) is 6.82. The molecule has 1 aliphatic carbocycles. The van der Waals surface area contributed by atoms with E-state index >= 15 is 0 Å². The molecule has 2 heteroatoms. The van der Waals surface area contributed by atoms with E-state index in [0.29, 0.717) is 5.78 Å². The summed E-state index contributed by atoms with van der Waals surface area (Å²) in [4.78, 5) is 11.6. The van der Waals surface area contributed by atoms with Crippen molar-refractivity contribution in [2.75, 3.05) is 11.5 Å². The molecule has 0 N–H and O–H groups in total. The maximum absolute atomic E-state index is 11.6. The lowest BCUT2D eigenvalue weighted by Gasteiger charge is -2.08. The van der Waals surface area contributed by atoms with Crippen molar-refractivity contribution in [3.8, 4) is 0 Å². The van der Waals surface area contributed by atoms with Crippen LogP contribution in [0.5, 0.6) is 0 Å². The molecule has 1 aliphatic heterocycles. The number of hydrogen-bond donors (Lipinski definition) is 0. The number of benzene rings is 1. The molecule has 1 unspecified atom stereocenters. The summed E-state index contributed by atoms with van der Waals surface area (Å²) in [5.74, 6) is 2.49. The highest BCUT2D eigenvalue weighted by atomic mass is 32.2. The smallest absolute Gasteiger partial charge is 0.146 e. The average molecular weight is 232 g/mol. The molecule has 0 bridgehead atoms. The van der Waals surface area contributed by atoms with Crippen molar-refractivity contribution < 1.29 is 4.79 Å². The van der Waals surface area contributed by atoms with Crippen LogP contribution >= 0.6 is 11.8 Å². The zero-order chi connectivity index (χ0) is 11.0. The number of ketones is 1. The molecule has 1 aromatic carbocycles. The van der Waals surface area contributed by atoms with Gasteiger partial charge in [-0.2, -0.15) is 11.8 Å². The van der Waals surface area contributed by atoms with Gasteiger partial charge in [0.1, 0.15) is 5.78 Å². The van der Waals surface area contributed by atoms with Crippen LogP contribution in [-0.4, -0.2) is 17.3 Å². The van der Waals surface area contributed by atoms with Gasteiger partial charge in [0.2, 0.25) is 0 Å². The Morgan fingerprint density at radius 2 is 2.12 bits per heavy atom. The summed E-state index contributed by atoms with van der Waals surface area (Å²) in [5.41, 5.74) is 4.41. The van der Waals surface area contributed by atoms with Gasteiger partial charge in [0.05, 0.1) is 5.75 Å². The predicted molar refractivity (Wildman–Crippen MR) is 68.0 cm³/mol. The summed E-state index contributed by atoms with van der Waals surface area (Å²) >= 11 is 1.79. The van der Waals surface area contributed by atoms with E-state index < -0.39 is 0 Å². The summed E-state index contributed by atoms with van der Waals surface area (Å²) in [7, 11) is 0. The van der Waals surface area contributed by atoms with Gasteiger partial charge in [-0.1, -0.05) is 18.2 Å². The lowest BCUT2D eigenvalue weighted by atomic mass is 9.95. The molecule has 0 spiro atoms. The van der Waals surface area contributed by atoms with Crippen LogP contribution in [0.15, 0.2) is 18.2 Å². The van der Waals surface area contributed by atoms with Crippen molar-refractivity contribution in [1.82, 2.24) is 0 Å². The standard InChI is InChI=1S/C14H16OS/c15-14-9-16-8-13(14)7-10-4-5-11-2-1-3-12(11)6-10/h4-6,13H,1-3,7-9H2. The number of rotatable bonds is 2. The largest absolute Gasteiger partial charge is 0.298 e. The van der Waals surface area contributed by atoms with E-state index in [1.54, 1.807) is 11.8 Å². The molecule has 16 heavy (non-hydrogen) atoms. The second-order valence-electron chi connectivity index (χ2n) is 4.84. The number of thioether (sulfide) groups is 1. The second-order valence-corrected chi connectivity index (χ2v) is 5.87. The van der Waals surface area contributed by atoms with Crippen molar-refractivity contribution >= 4 is 17.5 Å². The summed E-state index contributed by atoms with van der Waals surface area (Å²) in [6.07, 6.45) is 4.74. The Bertz CT molecular complexity index is 425. The summed E-state index contributed by atoms with van der Waals surface area (Å²) < 4.78 is 0. The molecule has 3 rings (SSSR count). The molecular weight excluding hydrogens is 216 g/mol. The van der Waals surface area contributed by atoms with Crippen LogP contribution in [0.3, 0.4) is 0 Å². The number of fused-ring (bicyclic) bond motifs is 1. The Hall–Kier alpha value is -0.760. The maximum Gasteiger partial charge on any atom is 0.146 e. The number of hydrogen-bond acceptors (Lipinski definition) is 2. The molecule has 2 aliphatic rings. The molecule has 1 nitrogen and oxygen atoms in total. The van der Waals surface area contributed by atoms with Crippen LogP contribution in [0.1, 0.15) is 23.1 Å². The Morgan fingerprint density at radius 1 is 1.25 bits per heavy atom. The molecule has 1 saturated heterocycles. The van der Waals surface area contributed by atoms with E-state index in [4.69, 9.17) is 0 Å². The average Bonchev–Trinajstić information content (AvgIpc) is 2.88. The first-order valence-electron chi connectivity index (χ1n) is 6.04. The molecule has 84 valence electrons. The minimum Gasteiger partial charge on any atom is -0.298 e. The first kappa shape index (κ1) is 10.4. The molecule has 1 heterocycles. The Labute approximate surface area is 101 Å². The molecule has 1 fully saturated rings. The van der Waals surface area contributed by atoms with Crippen LogP contribution < -0.4 is 0 Å². The van der Waals surface area contributed by atoms with E-state index in [1.165, 1.54) is 36.0 Å². The first-order chi connectivity index (χ1) is 7.83. The van der Waals surface area contributed by atoms with Crippen molar-refractivity contribution in [2.24, 2.45) is 5.92 Å². The van der Waals surface area contributed by atoms with Gasteiger partial charge in [-0.05, 0) is 42.4 Å². The zero-order valence-corrected chi connectivity index (χ0v) is 10.2. The summed E-state index contributed by atoms with van der Waals surface area (Å²) in [6.45, 7) is 0. The maximum atomic E-state index is 11.6. The van der Waals surface area contributed by atoms with Crippen molar-refractivity contribution in [3.05, 3.63) is 34.9 Å². The lowest BCUT2D eigenvalue weighted by Crippen LogP contribution is -2.14. The van der Waals surface area contributed by atoms with Crippen LogP contribution in [0.25, 0.3) is 0 Å². The molecular formula is C14H16OS. The van der Waals surface area contributed by atoms with E-state index in [2.05, 4.69) is 18.2 Å². The summed E-state index contributed by atoms with van der Waals surface area (Å²) in [5, 5.41) is 0. The minimum atomic E-state index is 0.282. The number of carbonyl (C=O) groups is 1. The fourth-order valence-electron chi connectivity index (χ4n) is 2.72. The highest BCUT2D eigenvalue weighted by Crippen LogP contribution is 2.27. The van der Waals surface area contributed by atoms with Gasteiger partial charge in [0, 0.05) is 11.7 Å². The first-order valence-corrected chi connectivity index (χ1v) is 7.19. The number of carbonyl (C=O) groups excluding carboxylic acids is 1. The van der Waals surface area contributed by atoms with E-state index in [-0.39, 0.29) is 5.92 Å². The predicted octanol–water partition coefficient (Wildman–Crippen LogP) is 2.65. The van der Waals surface area contributed by atoms with Crippen LogP contribution in [0.4, 0.5) is 0 Å². The second kappa shape index (κ2) is 4.25. The Balaban J connectivity index is 1.77. The van der Waals surface area contributed by atoms with Crippen molar-refractivity contribution in [2.45, 2.75) is 25.7 Å². The monoisotopic (exact) mass is 232 g/mol. The molecule has 1 aromatic rings. The third-order valence-corrected chi connectivity index (χ3v) is 4.79. The third-order valence-electron chi connectivity index (χ3n) is 3.66. The van der Waals surface area contributed by atoms with E-state index in [9.17, 15) is 4.79 Å². The van der Waals surface area contributed by atoms with E-state index in [0.717, 1.165) is 17.9 Å². The van der Waals surface area contributed by atoms with Crippen LogP contribution in [0.2, 0.25) is 0 Å². The van der Waals surface area contributed by atoms with Crippen molar-refractivity contribution in [3.63, 3.8) is 0 Å². The van der Waals surface area contributed by atoms with Gasteiger partial charge in [-0.25, -0.2) is 0 Å². The molecule has 1 atom stereocenters. The minimum absolute atomic E-state index is 0.282. The van der Waals surface area contributed by atoms with E-state index in [1.807, 2.05) is 0 Å². The van der Waals surface area contributed by atoms with Gasteiger partial charge in [-0.15, -0.1) is 0 Å². The highest BCUT2D eigenvalue weighted by molar-refractivity contribution is 8.00. The molecule has 0 radical (unpaired) electrons. The van der Waals surface area contributed by atoms with Crippen LogP contribution in [0, 0.1) is 5.92 Å². The fourth-order valence-corrected chi connectivity index (χ4v) is 3.86. The van der Waals surface area contributed by atoms with Gasteiger partial charge in [-0.3, -0.25) is 4.79 Å². The highest BCUT2D eigenvalue weighted by Gasteiger charge is 2.25. The van der Waals surface area contributed by atoms with Crippen LogP contribution in [-0.2, 0) is 24.1 Å². The van der Waals surface area contributed by atoms with Gasteiger partial charge in [0.25, 0.3) is 0 Å². The lowest BCUT2D eigenvalue weighted by molar-refractivity contribution is -0.119. The Kier molecular flexibility index (Phi) is 2.76. The molecule has 0 saturated carbocycles. The SMILES string of the molecule is O=C1CSCC1Cc1ccc2c(c1)CCC2. The number of Topliss-reactive ketones (excluding diaryl/α,β-unsaturated/α-hetero) is 1. The van der Waals surface area contributed by atoms with Gasteiger partial charge < -0.3 is 0 Å². The Morgan fingerprint density at radius 3 is 2.94 bits per heavy atom. The topological polar surface area (TPSA) is 17.1 Å². The molecule has 0 amide bonds. The van der Waals surface area contributed by atoms with Crippen molar-refractivity contribution in [1.29, 1.82) is 0 Å². The molecule has 0 aromatic heterocycles. The fraction of sp³-hybridized carbons (Fsp3) is 0.500. The quantitative estimate of drug-likeness (QED) is 0.780. The van der Waals surface area contributed by atoms with Gasteiger partial charge in [0.15, 0.2) is 0 Å².